The van der Waals surface area contributed by atoms with Crippen LogP contribution in [0.5, 0.6) is 0 Å². The van der Waals surface area contributed by atoms with Crippen molar-refractivity contribution in [2.45, 2.75) is 19.2 Å². The molecule has 0 aliphatic carbocycles. The summed E-state index contributed by atoms with van der Waals surface area (Å²) in [6.07, 6.45) is 0. The highest BCUT2D eigenvalue weighted by Gasteiger charge is 2.17. The average Bonchev–Trinajstić information content (AvgIpc) is 2.71. The minimum Gasteiger partial charge on any atom is -0.452 e. The van der Waals surface area contributed by atoms with E-state index in [0.717, 1.165) is 5.56 Å². The molecule has 90 valence electrons. The summed E-state index contributed by atoms with van der Waals surface area (Å²) in [6.45, 7) is 3.46. The summed E-state index contributed by atoms with van der Waals surface area (Å²) in [5, 5.41) is -0.403. The number of aryl methyl sites for hydroxylation is 2. The van der Waals surface area contributed by atoms with Crippen molar-refractivity contribution in [1.29, 1.82) is 0 Å². The van der Waals surface area contributed by atoms with Gasteiger partial charge in [0.15, 0.2) is 4.67 Å². The van der Waals surface area contributed by atoms with Crippen LogP contribution >= 0.6 is 27.5 Å². The highest BCUT2D eigenvalue weighted by molar-refractivity contribution is 9.10. The Morgan fingerprint density at radius 1 is 1.24 bits per heavy atom. The second kappa shape index (κ2) is 4.83. The molecule has 1 heterocycles. The van der Waals surface area contributed by atoms with Crippen LogP contribution in [0.3, 0.4) is 0 Å². The Morgan fingerprint density at radius 3 is 2.29 bits per heavy atom. The van der Waals surface area contributed by atoms with Crippen LogP contribution in [0.4, 0.5) is 4.39 Å². The molecule has 0 N–H and O–H groups in total. The van der Waals surface area contributed by atoms with Crippen LogP contribution in [0.25, 0.3) is 0 Å². The molecule has 1 nitrogen and oxygen atoms in total. The van der Waals surface area contributed by atoms with Gasteiger partial charge < -0.3 is 4.42 Å². The van der Waals surface area contributed by atoms with Gasteiger partial charge in [0.2, 0.25) is 0 Å². The quantitative estimate of drug-likeness (QED) is 0.700. The van der Waals surface area contributed by atoms with Gasteiger partial charge in [-0.05, 0) is 58.6 Å². The summed E-state index contributed by atoms with van der Waals surface area (Å²) in [4.78, 5) is 0. The van der Waals surface area contributed by atoms with Crippen molar-refractivity contribution < 1.29 is 8.81 Å². The molecular weight excluding hydrogens is 306 g/mol. The molecule has 0 amide bonds. The first-order chi connectivity index (χ1) is 7.99. The third-order valence-corrected chi connectivity index (χ3v) is 3.49. The zero-order valence-corrected chi connectivity index (χ0v) is 11.8. The molecule has 1 unspecified atom stereocenters. The molecule has 0 bridgehead atoms. The molecule has 1 aromatic carbocycles. The Balaban J connectivity index is 2.41. The number of benzene rings is 1. The smallest absolute Gasteiger partial charge is 0.169 e. The van der Waals surface area contributed by atoms with Crippen LogP contribution in [-0.2, 0) is 0 Å². The van der Waals surface area contributed by atoms with E-state index in [1.54, 1.807) is 38.1 Å². The van der Waals surface area contributed by atoms with Gasteiger partial charge in [-0.15, -0.1) is 11.6 Å². The van der Waals surface area contributed by atoms with Gasteiger partial charge in [-0.3, -0.25) is 0 Å². The molecular formula is C13H11BrClFO. The normalized spacial score (nSPS) is 12.8. The molecule has 1 atom stereocenters. The van der Waals surface area contributed by atoms with Crippen LogP contribution in [0, 0.1) is 19.7 Å². The maximum Gasteiger partial charge on any atom is 0.169 e. The van der Waals surface area contributed by atoms with E-state index in [1.807, 2.05) is 0 Å². The topological polar surface area (TPSA) is 13.1 Å². The van der Waals surface area contributed by atoms with Crippen molar-refractivity contribution in [3.05, 3.63) is 57.2 Å². The molecule has 0 fully saturated rings. The lowest BCUT2D eigenvalue weighted by Gasteiger charge is -2.10. The van der Waals surface area contributed by atoms with Crippen molar-refractivity contribution in [2.24, 2.45) is 0 Å². The van der Waals surface area contributed by atoms with Gasteiger partial charge >= 0.3 is 0 Å². The lowest BCUT2D eigenvalue weighted by atomic mass is 10.0. The summed E-state index contributed by atoms with van der Waals surface area (Å²) in [7, 11) is 0. The molecule has 17 heavy (non-hydrogen) atoms. The molecule has 0 saturated carbocycles. The third kappa shape index (κ3) is 2.55. The fourth-order valence-electron chi connectivity index (χ4n) is 1.75. The summed E-state index contributed by atoms with van der Waals surface area (Å²) < 4.78 is 19.5. The predicted octanol–water partition coefficient (Wildman–Crippen LogP) is 5.13. The van der Waals surface area contributed by atoms with E-state index in [2.05, 4.69) is 15.9 Å². The van der Waals surface area contributed by atoms with E-state index in [-0.39, 0.29) is 5.82 Å². The first-order valence-corrected chi connectivity index (χ1v) is 6.38. The van der Waals surface area contributed by atoms with Crippen molar-refractivity contribution in [2.75, 3.05) is 0 Å². The highest BCUT2D eigenvalue weighted by Crippen LogP contribution is 2.33. The standard InChI is InChI=1S/C13H11BrClFO/c1-7-5-9(6-8(2)13(7)16)12(15)10-3-4-11(14)17-10/h3-6,12H,1-2H3. The maximum atomic E-state index is 13.5. The van der Waals surface area contributed by atoms with Crippen molar-refractivity contribution in [1.82, 2.24) is 0 Å². The summed E-state index contributed by atoms with van der Waals surface area (Å²) in [5.74, 6) is 0.460. The molecule has 4 heteroatoms. The molecule has 0 radical (unpaired) electrons. The van der Waals surface area contributed by atoms with Crippen LogP contribution in [0.15, 0.2) is 33.4 Å². The van der Waals surface area contributed by atoms with E-state index < -0.39 is 5.38 Å². The van der Waals surface area contributed by atoms with E-state index in [0.29, 0.717) is 21.6 Å². The number of furan rings is 1. The van der Waals surface area contributed by atoms with Crippen molar-refractivity contribution >= 4 is 27.5 Å². The Labute approximate surface area is 113 Å². The molecule has 2 rings (SSSR count). The first-order valence-electron chi connectivity index (χ1n) is 5.15. The fourth-order valence-corrected chi connectivity index (χ4v) is 2.32. The van der Waals surface area contributed by atoms with Gasteiger partial charge in [-0.25, -0.2) is 4.39 Å². The van der Waals surface area contributed by atoms with Crippen LogP contribution in [0.1, 0.15) is 27.8 Å². The molecule has 0 saturated heterocycles. The molecule has 0 aliphatic rings. The van der Waals surface area contributed by atoms with Crippen LogP contribution in [-0.4, -0.2) is 0 Å². The lowest BCUT2D eigenvalue weighted by molar-refractivity contribution is 0.493. The second-order valence-electron chi connectivity index (χ2n) is 3.97. The van der Waals surface area contributed by atoms with E-state index in [9.17, 15) is 4.39 Å². The molecule has 1 aromatic heterocycles. The Kier molecular flexibility index (Phi) is 3.59. The van der Waals surface area contributed by atoms with Crippen LogP contribution < -0.4 is 0 Å². The van der Waals surface area contributed by atoms with Gasteiger partial charge in [-0.2, -0.15) is 0 Å². The summed E-state index contributed by atoms with van der Waals surface area (Å²) >= 11 is 9.53. The van der Waals surface area contributed by atoms with Gasteiger partial charge in [0.25, 0.3) is 0 Å². The number of halogens is 3. The zero-order valence-electron chi connectivity index (χ0n) is 9.43. The van der Waals surface area contributed by atoms with Gasteiger partial charge in [0, 0.05) is 0 Å². The minimum atomic E-state index is -0.403. The van der Waals surface area contributed by atoms with Crippen LogP contribution in [0.2, 0.25) is 0 Å². The average molecular weight is 318 g/mol. The van der Waals surface area contributed by atoms with E-state index in [1.165, 1.54) is 0 Å². The largest absolute Gasteiger partial charge is 0.452 e. The fraction of sp³-hybridized carbons (Fsp3) is 0.231. The third-order valence-electron chi connectivity index (χ3n) is 2.60. The zero-order chi connectivity index (χ0) is 12.6. The number of rotatable bonds is 2. The number of hydrogen-bond acceptors (Lipinski definition) is 1. The van der Waals surface area contributed by atoms with Crippen molar-refractivity contribution in [3.63, 3.8) is 0 Å². The Hall–Kier alpha value is -0.800. The van der Waals surface area contributed by atoms with Gasteiger partial charge in [-0.1, -0.05) is 12.1 Å². The lowest BCUT2D eigenvalue weighted by Crippen LogP contribution is -1.96. The minimum absolute atomic E-state index is 0.182. The number of alkyl halides is 1. The summed E-state index contributed by atoms with van der Waals surface area (Å²) in [5.41, 5.74) is 2.03. The molecule has 2 aromatic rings. The van der Waals surface area contributed by atoms with E-state index >= 15 is 0 Å². The summed E-state index contributed by atoms with van der Waals surface area (Å²) in [6, 6.07) is 7.08. The SMILES string of the molecule is Cc1cc(C(Cl)c2ccc(Br)o2)cc(C)c1F. The van der Waals surface area contributed by atoms with Gasteiger partial charge in [0.05, 0.1) is 0 Å². The van der Waals surface area contributed by atoms with Crippen molar-refractivity contribution in [3.8, 4) is 0 Å². The first kappa shape index (κ1) is 12.7. The van der Waals surface area contributed by atoms with Gasteiger partial charge in [0.1, 0.15) is 17.0 Å². The Bertz CT molecular complexity index is 527. The molecule has 0 spiro atoms. The predicted molar refractivity (Wildman–Crippen MR) is 70.0 cm³/mol. The second-order valence-corrected chi connectivity index (χ2v) is 5.19. The maximum absolute atomic E-state index is 13.5. The monoisotopic (exact) mass is 316 g/mol. The molecule has 0 aliphatic heterocycles. The number of hydrogen-bond donors (Lipinski definition) is 0. The van der Waals surface area contributed by atoms with E-state index in [4.69, 9.17) is 16.0 Å². The highest BCUT2D eigenvalue weighted by atomic mass is 79.9. The Morgan fingerprint density at radius 2 is 1.82 bits per heavy atom.